The van der Waals surface area contributed by atoms with Gasteiger partial charge in [0.05, 0.1) is 0 Å². The number of aliphatic carboxylic acids is 1. The van der Waals surface area contributed by atoms with Gasteiger partial charge >= 0.3 is 12.1 Å². The van der Waals surface area contributed by atoms with Crippen molar-refractivity contribution in [3.05, 3.63) is 59.7 Å². The smallest absolute Gasteiger partial charge is 0.407 e. The molecule has 1 aliphatic carbocycles. The number of hydrogen-bond acceptors (Lipinski definition) is 4. The molecule has 2 unspecified atom stereocenters. The largest absolute Gasteiger partial charge is 0.480 e. The van der Waals surface area contributed by atoms with Crippen LogP contribution in [0.5, 0.6) is 0 Å². The molecule has 0 saturated carbocycles. The van der Waals surface area contributed by atoms with Crippen molar-refractivity contribution in [1.82, 2.24) is 10.6 Å². The first-order chi connectivity index (χ1) is 15.9. The van der Waals surface area contributed by atoms with Gasteiger partial charge in [-0.2, -0.15) is 0 Å². The molecular formula is C26H32N2O5. The fourth-order valence-corrected chi connectivity index (χ4v) is 4.24. The molecule has 0 saturated heterocycles. The summed E-state index contributed by atoms with van der Waals surface area (Å²) in [7, 11) is 0. The Morgan fingerprint density at radius 3 is 2.18 bits per heavy atom. The van der Waals surface area contributed by atoms with Crippen LogP contribution in [-0.4, -0.2) is 42.3 Å². The average molecular weight is 453 g/mol. The number of amides is 2. The molecule has 0 fully saturated rings. The first-order valence-electron chi connectivity index (χ1n) is 11.5. The van der Waals surface area contributed by atoms with Crippen LogP contribution in [0.3, 0.4) is 0 Å². The lowest BCUT2D eigenvalue weighted by Crippen LogP contribution is -2.43. The van der Waals surface area contributed by atoms with Crippen molar-refractivity contribution in [3.63, 3.8) is 0 Å². The number of carboxylic acids is 1. The second kappa shape index (κ2) is 11.5. The van der Waals surface area contributed by atoms with Crippen molar-refractivity contribution in [2.45, 2.75) is 51.5 Å². The van der Waals surface area contributed by atoms with Gasteiger partial charge in [0.1, 0.15) is 12.6 Å². The van der Waals surface area contributed by atoms with E-state index in [2.05, 4.69) is 34.9 Å². The van der Waals surface area contributed by atoms with Gasteiger partial charge in [-0.1, -0.05) is 68.8 Å². The molecule has 2 atom stereocenters. The Morgan fingerprint density at radius 2 is 1.61 bits per heavy atom. The van der Waals surface area contributed by atoms with E-state index in [1.54, 1.807) is 6.92 Å². The molecule has 7 heteroatoms. The van der Waals surface area contributed by atoms with E-state index in [1.807, 2.05) is 31.2 Å². The fraction of sp³-hybridized carbons (Fsp3) is 0.423. The molecule has 0 spiro atoms. The number of alkyl carbamates (subject to hydrolysis) is 1. The van der Waals surface area contributed by atoms with E-state index in [1.165, 1.54) is 11.1 Å². The molecule has 2 aromatic carbocycles. The summed E-state index contributed by atoms with van der Waals surface area (Å²) in [4.78, 5) is 35.6. The summed E-state index contributed by atoms with van der Waals surface area (Å²) < 4.78 is 5.51. The maximum Gasteiger partial charge on any atom is 0.407 e. The Hall–Kier alpha value is -3.35. The lowest BCUT2D eigenvalue weighted by atomic mass is 9.98. The SMILES string of the molecule is CCCC(NC(=O)C(C)CCCNC(=O)OCC1c2ccccc2-c2ccccc21)C(=O)O. The molecule has 0 radical (unpaired) electrons. The Morgan fingerprint density at radius 1 is 1.00 bits per heavy atom. The van der Waals surface area contributed by atoms with Crippen molar-refractivity contribution in [1.29, 1.82) is 0 Å². The highest BCUT2D eigenvalue weighted by molar-refractivity contribution is 5.84. The summed E-state index contributed by atoms with van der Waals surface area (Å²) in [5.41, 5.74) is 4.68. The number of carbonyl (C=O) groups is 3. The molecule has 0 aromatic heterocycles. The minimum atomic E-state index is -1.02. The maximum absolute atomic E-state index is 12.2. The molecule has 0 heterocycles. The fourth-order valence-electron chi connectivity index (χ4n) is 4.24. The molecule has 7 nitrogen and oxygen atoms in total. The summed E-state index contributed by atoms with van der Waals surface area (Å²) in [5, 5.41) is 14.5. The second-order valence-corrected chi connectivity index (χ2v) is 8.48. The number of rotatable bonds is 11. The van der Waals surface area contributed by atoms with Crippen molar-refractivity contribution < 1.29 is 24.2 Å². The van der Waals surface area contributed by atoms with Crippen LogP contribution < -0.4 is 10.6 Å². The Balaban J connectivity index is 1.41. The number of hydrogen-bond donors (Lipinski definition) is 3. The average Bonchev–Trinajstić information content (AvgIpc) is 3.13. The van der Waals surface area contributed by atoms with Gasteiger partial charge in [-0.3, -0.25) is 4.79 Å². The second-order valence-electron chi connectivity index (χ2n) is 8.48. The highest BCUT2D eigenvalue weighted by atomic mass is 16.5. The number of ether oxygens (including phenoxy) is 1. The predicted molar refractivity (Wildman–Crippen MR) is 126 cm³/mol. The van der Waals surface area contributed by atoms with Gasteiger partial charge in [0, 0.05) is 18.4 Å². The van der Waals surface area contributed by atoms with Gasteiger partial charge in [-0.05, 0) is 41.5 Å². The van der Waals surface area contributed by atoms with Crippen LogP contribution in [0.15, 0.2) is 48.5 Å². The highest BCUT2D eigenvalue weighted by Gasteiger charge is 2.29. The zero-order valence-corrected chi connectivity index (χ0v) is 19.2. The molecule has 1 aliphatic rings. The van der Waals surface area contributed by atoms with E-state index >= 15 is 0 Å². The quantitative estimate of drug-likeness (QED) is 0.441. The minimum Gasteiger partial charge on any atom is -0.480 e. The van der Waals surface area contributed by atoms with Gasteiger partial charge in [0.2, 0.25) is 5.91 Å². The third-order valence-electron chi connectivity index (χ3n) is 6.07. The number of fused-ring (bicyclic) bond motifs is 3. The van der Waals surface area contributed by atoms with Gasteiger partial charge in [0.25, 0.3) is 0 Å². The van der Waals surface area contributed by atoms with E-state index in [-0.39, 0.29) is 24.3 Å². The van der Waals surface area contributed by atoms with Crippen LogP contribution in [0.25, 0.3) is 11.1 Å². The summed E-state index contributed by atoms with van der Waals surface area (Å²) in [6.45, 7) is 4.27. The van der Waals surface area contributed by atoms with Gasteiger partial charge in [-0.25, -0.2) is 9.59 Å². The van der Waals surface area contributed by atoms with Crippen molar-refractivity contribution >= 4 is 18.0 Å². The zero-order chi connectivity index (χ0) is 23.8. The van der Waals surface area contributed by atoms with E-state index in [4.69, 9.17) is 4.74 Å². The normalized spacial score (nSPS) is 14.0. The van der Waals surface area contributed by atoms with Crippen LogP contribution in [0.4, 0.5) is 4.79 Å². The Labute approximate surface area is 194 Å². The summed E-state index contributed by atoms with van der Waals surface area (Å²) >= 11 is 0. The number of carboxylic acid groups (broad SMARTS) is 1. The van der Waals surface area contributed by atoms with Crippen LogP contribution in [0, 0.1) is 5.92 Å². The molecule has 2 amide bonds. The van der Waals surface area contributed by atoms with Crippen molar-refractivity contribution in [2.24, 2.45) is 5.92 Å². The Kier molecular flexibility index (Phi) is 8.46. The van der Waals surface area contributed by atoms with Gasteiger partial charge in [0.15, 0.2) is 0 Å². The maximum atomic E-state index is 12.2. The van der Waals surface area contributed by atoms with Crippen molar-refractivity contribution in [3.8, 4) is 11.1 Å². The number of benzene rings is 2. The van der Waals surface area contributed by atoms with E-state index in [9.17, 15) is 19.5 Å². The molecule has 3 N–H and O–H groups in total. The highest BCUT2D eigenvalue weighted by Crippen LogP contribution is 2.44. The molecule has 33 heavy (non-hydrogen) atoms. The molecule has 0 aliphatic heterocycles. The first-order valence-corrected chi connectivity index (χ1v) is 11.5. The van der Waals surface area contributed by atoms with Gasteiger partial charge < -0.3 is 20.5 Å². The van der Waals surface area contributed by atoms with E-state index in [0.717, 1.165) is 11.1 Å². The molecular weight excluding hydrogens is 420 g/mol. The van der Waals surface area contributed by atoms with Crippen LogP contribution in [0.1, 0.15) is 56.6 Å². The first kappa shape index (κ1) is 24.3. The molecule has 0 bridgehead atoms. The molecule has 2 aromatic rings. The lowest BCUT2D eigenvalue weighted by molar-refractivity contribution is -0.142. The number of nitrogens with one attached hydrogen (secondary N) is 2. The standard InChI is InChI=1S/C26H32N2O5/c1-3-9-23(25(30)31)28-24(29)17(2)10-8-15-27-26(32)33-16-22-20-13-6-4-11-18(20)19-12-5-7-14-21(19)22/h4-7,11-14,17,22-23H,3,8-10,15-16H2,1-2H3,(H,27,32)(H,28,29)(H,30,31). The monoisotopic (exact) mass is 452 g/mol. The predicted octanol–water partition coefficient (Wildman–Crippen LogP) is 4.31. The lowest BCUT2D eigenvalue weighted by Gasteiger charge is -2.17. The van der Waals surface area contributed by atoms with Crippen LogP contribution >= 0.6 is 0 Å². The summed E-state index contributed by atoms with van der Waals surface area (Å²) in [6, 6.07) is 15.5. The van der Waals surface area contributed by atoms with Crippen molar-refractivity contribution in [2.75, 3.05) is 13.2 Å². The minimum absolute atomic E-state index is 0.0113. The summed E-state index contributed by atoms with van der Waals surface area (Å²) in [6.07, 6.45) is 1.72. The topological polar surface area (TPSA) is 105 Å². The third kappa shape index (κ3) is 6.12. The number of carbonyl (C=O) groups excluding carboxylic acids is 2. The molecule has 176 valence electrons. The Bertz CT molecular complexity index is 945. The third-order valence-corrected chi connectivity index (χ3v) is 6.07. The summed E-state index contributed by atoms with van der Waals surface area (Å²) in [5.74, 6) is -1.63. The zero-order valence-electron chi connectivity index (χ0n) is 19.2. The van der Waals surface area contributed by atoms with Gasteiger partial charge in [-0.15, -0.1) is 0 Å². The van der Waals surface area contributed by atoms with Crippen LogP contribution in [-0.2, 0) is 14.3 Å². The van der Waals surface area contributed by atoms with E-state index < -0.39 is 18.1 Å². The van der Waals surface area contributed by atoms with E-state index in [0.29, 0.717) is 32.2 Å². The van der Waals surface area contributed by atoms with Crippen LogP contribution in [0.2, 0.25) is 0 Å². The molecule has 3 rings (SSSR count).